The first kappa shape index (κ1) is 29.7. The maximum atomic E-state index is 12.4. The maximum absolute atomic E-state index is 12.4. The van der Waals surface area contributed by atoms with Crippen LogP contribution in [0.4, 0.5) is 18.0 Å². The summed E-state index contributed by atoms with van der Waals surface area (Å²) in [7, 11) is 0. The summed E-state index contributed by atoms with van der Waals surface area (Å²) >= 11 is 5.50. The number of carbonyl (C=O) groups excluding carboxylic acids is 1. The number of aryl methyl sites for hydroxylation is 2. The molecule has 11 heteroatoms. The van der Waals surface area contributed by atoms with Gasteiger partial charge in [-0.15, -0.1) is 18.3 Å². The number of nitrogens with zero attached hydrogens (tertiary/aromatic N) is 3. The summed E-state index contributed by atoms with van der Waals surface area (Å²) < 4.78 is 42.5. The van der Waals surface area contributed by atoms with Crippen molar-refractivity contribution in [2.75, 3.05) is 6.54 Å². The van der Waals surface area contributed by atoms with E-state index in [9.17, 15) is 18.0 Å². The van der Waals surface area contributed by atoms with Crippen molar-refractivity contribution in [3.05, 3.63) is 95.3 Å². The number of hydrogen-bond acceptors (Lipinski definition) is 5. The standard InChI is InChI=1S/C30H30F3N5O2S/c1-19(2)25-15-6-20(3)17-26(25)28(41)36-29(39)34-16-4-5-21-7-9-22(10-8-21)27-35-18-38(37-27)23-11-13-24(14-12-23)40-30(31,32)33/h6-15,17-19H,4-5,16H2,1-3H3,(H2,34,36,39,41). The minimum atomic E-state index is -4.74. The normalized spacial score (nSPS) is 11.4. The molecule has 0 unspecified atom stereocenters. The smallest absolute Gasteiger partial charge is 0.406 e. The molecule has 41 heavy (non-hydrogen) atoms. The lowest BCUT2D eigenvalue weighted by molar-refractivity contribution is -0.274. The number of benzene rings is 3. The van der Waals surface area contributed by atoms with Gasteiger partial charge >= 0.3 is 12.4 Å². The quantitative estimate of drug-likeness (QED) is 0.167. The van der Waals surface area contributed by atoms with Crippen LogP contribution in [0.1, 0.15) is 48.4 Å². The zero-order valence-corrected chi connectivity index (χ0v) is 23.6. The van der Waals surface area contributed by atoms with E-state index in [1.54, 1.807) is 0 Å². The minimum Gasteiger partial charge on any atom is -0.406 e. The van der Waals surface area contributed by atoms with Gasteiger partial charge in [-0.25, -0.2) is 14.5 Å². The van der Waals surface area contributed by atoms with Gasteiger partial charge in [0, 0.05) is 17.7 Å². The Labute approximate surface area is 241 Å². The number of thiocarbonyl (C=S) groups is 1. The molecule has 0 fully saturated rings. The topological polar surface area (TPSA) is 81.1 Å². The van der Waals surface area contributed by atoms with E-state index in [2.05, 4.69) is 39.3 Å². The fourth-order valence-corrected chi connectivity index (χ4v) is 4.49. The highest BCUT2D eigenvalue weighted by molar-refractivity contribution is 7.80. The number of alkyl halides is 3. The van der Waals surface area contributed by atoms with Crippen LogP contribution in [0.2, 0.25) is 0 Å². The fourth-order valence-electron chi connectivity index (χ4n) is 4.22. The molecule has 0 aliphatic heterocycles. The molecule has 0 bridgehead atoms. The van der Waals surface area contributed by atoms with Crippen LogP contribution in [-0.4, -0.2) is 38.7 Å². The van der Waals surface area contributed by atoms with Crippen LogP contribution in [-0.2, 0) is 6.42 Å². The third-order valence-corrected chi connectivity index (χ3v) is 6.59. The Morgan fingerprint density at radius 2 is 1.76 bits per heavy atom. The fraction of sp³-hybridized carbons (Fsp3) is 0.267. The lowest BCUT2D eigenvalue weighted by Gasteiger charge is -2.15. The number of rotatable bonds is 9. The number of carbonyl (C=O) groups is 1. The second kappa shape index (κ2) is 12.9. The molecular formula is C30H30F3N5O2S. The van der Waals surface area contributed by atoms with Crippen molar-refractivity contribution in [3.63, 3.8) is 0 Å². The Morgan fingerprint density at radius 1 is 1.05 bits per heavy atom. The van der Waals surface area contributed by atoms with Crippen LogP contribution >= 0.6 is 12.2 Å². The Kier molecular flexibility index (Phi) is 9.38. The third-order valence-electron chi connectivity index (χ3n) is 6.27. The van der Waals surface area contributed by atoms with Crippen molar-refractivity contribution in [3.8, 4) is 22.8 Å². The first-order valence-corrected chi connectivity index (χ1v) is 13.5. The summed E-state index contributed by atoms with van der Waals surface area (Å²) in [6, 6.07) is 18.9. The molecule has 0 radical (unpaired) electrons. The predicted molar refractivity (Wildman–Crippen MR) is 155 cm³/mol. The molecule has 0 atom stereocenters. The number of amides is 2. The van der Waals surface area contributed by atoms with Gasteiger partial charge in [-0.05, 0) is 67.1 Å². The van der Waals surface area contributed by atoms with Crippen molar-refractivity contribution in [1.82, 2.24) is 25.4 Å². The second-order valence-corrected chi connectivity index (χ2v) is 10.2. The van der Waals surface area contributed by atoms with Gasteiger partial charge in [0.1, 0.15) is 17.1 Å². The SMILES string of the molecule is Cc1ccc(C(C)C)c(C(=S)NC(=O)NCCCc2ccc(-c3ncn(-c4ccc(OC(F)(F)F)cc4)n3)cc2)c1. The number of halogens is 3. The highest BCUT2D eigenvalue weighted by Gasteiger charge is 2.31. The zero-order valence-electron chi connectivity index (χ0n) is 22.8. The van der Waals surface area contributed by atoms with Crippen LogP contribution in [0, 0.1) is 6.92 Å². The molecule has 2 N–H and O–H groups in total. The first-order valence-electron chi connectivity index (χ1n) is 13.1. The van der Waals surface area contributed by atoms with Gasteiger partial charge < -0.3 is 10.1 Å². The van der Waals surface area contributed by atoms with Crippen molar-refractivity contribution in [2.24, 2.45) is 0 Å². The second-order valence-electron chi connectivity index (χ2n) is 9.81. The Hall–Kier alpha value is -4.25. The summed E-state index contributed by atoms with van der Waals surface area (Å²) in [6.45, 7) is 6.67. The number of nitrogens with one attached hydrogen (secondary N) is 2. The third kappa shape index (κ3) is 8.37. The van der Waals surface area contributed by atoms with Gasteiger partial charge in [0.25, 0.3) is 0 Å². The van der Waals surface area contributed by atoms with E-state index in [1.807, 2.05) is 49.4 Å². The van der Waals surface area contributed by atoms with Crippen molar-refractivity contribution in [2.45, 2.75) is 45.9 Å². The molecule has 7 nitrogen and oxygen atoms in total. The molecule has 2 amide bonds. The zero-order chi connectivity index (χ0) is 29.6. The van der Waals surface area contributed by atoms with Crippen LogP contribution < -0.4 is 15.4 Å². The summed E-state index contributed by atoms with van der Waals surface area (Å²) in [5.41, 5.74) is 5.49. The van der Waals surface area contributed by atoms with Crippen molar-refractivity contribution < 1.29 is 22.7 Å². The van der Waals surface area contributed by atoms with E-state index in [0.717, 1.165) is 40.7 Å². The van der Waals surface area contributed by atoms with E-state index in [0.29, 0.717) is 23.0 Å². The lowest BCUT2D eigenvalue weighted by atomic mass is 9.95. The number of aromatic nitrogens is 3. The van der Waals surface area contributed by atoms with Gasteiger partial charge in [-0.1, -0.05) is 68.0 Å². The Morgan fingerprint density at radius 3 is 2.41 bits per heavy atom. The molecule has 4 aromatic rings. The summed E-state index contributed by atoms with van der Waals surface area (Å²) in [6.07, 6.45) is -1.75. The average molecular weight is 582 g/mol. The minimum absolute atomic E-state index is 0.286. The predicted octanol–water partition coefficient (Wildman–Crippen LogP) is 6.87. The van der Waals surface area contributed by atoms with Crippen molar-refractivity contribution in [1.29, 1.82) is 0 Å². The molecule has 0 saturated heterocycles. The first-order chi connectivity index (χ1) is 19.5. The van der Waals surface area contributed by atoms with Crippen LogP contribution in [0.25, 0.3) is 17.1 Å². The van der Waals surface area contributed by atoms with Gasteiger partial charge in [0.15, 0.2) is 5.82 Å². The Balaban J connectivity index is 1.25. The largest absolute Gasteiger partial charge is 0.573 e. The Bertz CT molecular complexity index is 1500. The molecule has 1 aromatic heterocycles. The van der Waals surface area contributed by atoms with Crippen LogP contribution in [0.5, 0.6) is 5.75 Å². The van der Waals surface area contributed by atoms with Crippen LogP contribution in [0.15, 0.2) is 73.1 Å². The molecule has 4 rings (SSSR count). The summed E-state index contributed by atoms with van der Waals surface area (Å²) in [4.78, 5) is 17.1. The highest BCUT2D eigenvalue weighted by atomic mass is 32.1. The highest BCUT2D eigenvalue weighted by Crippen LogP contribution is 2.24. The molecule has 3 aromatic carbocycles. The maximum Gasteiger partial charge on any atom is 0.573 e. The van der Waals surface area contributed by atoms with Gasteiger partial charge in [0.2, 0.25) is 0 Å². The molecule has 0 aliphatic rings. The summed E-state index contributed by atoms with van der Waals surface area (Å²) in [5, 5.41) is 10.1. The van der Waals surface area contributed by atoms with E-state index in [4.69, 9.17) is 12.2 Å². The molecule has 0 saturated carbocycles. The number of ether oxygens (including phenoxy) is 1. The van der Waals surface area contributed by atoms with E-state index in [1.165, 1.54) is 35.3 Å². The number of urea groups is 1. The molecule has 1 heterocycles. The number of hydrogen-bond donors (Lipinski definition) is 2. The molecule has 0 spiro atoms. The van der Waals surface area contributed by atoms with E-state index in [-0.39, 0.29) is 17.7 Å². The van der Waals surface area contributed by atoms with Crippen LogP contribution in [0.3, 0.4) is 0 Å². The van der Waals surface area contributed by atoms with Gasteiger partial charge in [0.05, 0.1) is 5.69 Å². The monoisotopic (exact) mass is 581 g/mol. The summed E-state index contributed by atoms with van der Waals surface area (Å²) in [5.74, 6) is 0.462. The van der Waals surface area contributed by atoms with Gasteiger partial charge in [-0.2, -0.15) is 0 Å². The molecule has 214 valence electrons. The van der Waals surface area contributed by atoms with Crippen molar-refractivity contribution >= 4 is 23.2 Å². The molecule has 0 aliphatic carbocycles. The van der Waals surface area contributed by atoms with Gasteiger partial charge in [-0.3, -0.25) is 5.32 Å². The van der Waals surface area contributed by atoms with E-state index >= 15 is 0 Å². The lowest BCUT2D eigenvalue weighted by Crippen LogP contribution is -2.39. The molecular weight excluding hydrogens is 551 g/mol. The van der Waals surface area contributed by atoms with E-state index < -0.39 is 6.36 Å². The average Bonchev–Trinajstić information content (AvgIpc) is 3.41.